The van der Waals surface area contributed by atoms with Gasteiger partial charge in [0, 0.05) is 17.3 Å². The van der Waals surface area contributed by atoms with E-state index in [2.05, 4.69) is 0 Å². The maximum Gasteiger partial charge on any atom is 0.101 e. The fourth-order valence-electron chi connectivity index (χ4n) is 1.01. The van der Waals surface area contributed by atoms with Crippen molar-refractivity contribution in [2.75, 3.05) is 18.1 Å². The Morgan fingerprint density at radius 2 is 2.29 bits per heavy atom. The van der Waals surface area contributed by atoms with Crippen molar-refractivity contribution in [3.05, 3.63) is 23.8 Å². The number of rotatable bonds is 4. The van der Waals surface area contributed by atoms with Crippen LogP contribution in [-0.2, 0) is 0 Å². The highest BCUT2D eigenvalue weighted by molar-refractivity contribution is 7.99. The minimum absolute atomic E-state index is 0.185. The van der Waals surface area contributed by atoms with Gasteiger partial charge in [0.2, 0.25) is 0 Å². The summed E-state index contributed by atoms with van der Waals surface area (Å²) in [4.78, 5) is 0.914. The van der Waals surface area contributed by atoms with Crippen molar-refractivity contribution in [2.45, 2.75) is 11.3 Å². The largest absolute Gasteiger partial charge is 0.397 e. The minimum Gasteiger partial charge on any atom is -0.397 e. The Morgan fingerprint density at radius 1 is 1.50 bits per heavy atom. The fourth-order valence-corrected chi connectivity index (χ4v) is 1.95. The zero-order valence-electron chi connectivity index (χ0n) is 7.73. The van der Waals surface area contributed by atoms with E-state index in [-0.39, 0.29) is 6.61 Å². The number of nitrogens with two attached hydrogens (primary N) is 1. The molecule has 14 heavy (non-hydrogen) atoms. The van der Waals surface area contributed by atoms with Gasteiger partial charge in [-0.3, -0.25) is 0 Å². The van der Waals surface area contributed by atoms with E-state index in [0.29, 0.717) is 11.3 Å². The number of aliphatic hydroxyl groups excluding tert-OH is 1. The first kappa shape index (κ1) is 10.9. The Balaban J connectivity index is 2.73. The molecule has 0 saturated carbocycles. The fraction of sp³-hybridized carbons (Fsp3) is 0.300. The quantitative estimate of drug-likeness (QED) is 0.448. The molecule has 0 spiro atoms. The van der Waals surface area contributed by atoms with E-state index in [1.165, 1.54) is 0 Å². The summed E-state index contributed by atoms with van der Waals surface area (Å²) < 4.78 is 0. The first-order valence-corrected chi connectivity index (χ1v) is 5.30. The number of hydrogen-bond donors (Lipinski definition) is 2. The molecule has 0 aliphatic carbocycles. The van der Waals surface area contributed by atoms with E-state index in [1.54, 1.807) is 17.8 Å². The summed E-state index contributed by atoms with van der Waals surface area (Å²) >= 11 is 1.57. The van der Waals surface area contributed by atoms with Crippen LogP contribution in [0.4, 0.5) is 5.69 Å². The number of benzene rings is 1. The molecule has 0 bridgehead atoms. The second-order valence-corrected chi connectivity index (χ2v) is 3.89. The van der Waals surface area contributed by atoms with Crippen molar-refractivity contribution in [3.8, 4) is 6.07 Å². The third-order valence-corrected chi connectivity index (χ3v) is 2.91. The highest BCUT2D eigenvalue weighted by atomic mass is 32.2. The third-order valence-electron chi connectivity index (χ3n) is 1.75. The summed E-state index contributed by atoms with van der Waals surface area (Å²) in [7, 11) is 0. The van der Waals surface area contributed by atoms with Gasteiger partial charge in [0.15, 0.2) is 0 Å². The maximum absolute atomic E-state index is 8.74. The van der Waals surface area contributed by atoms with Gasteiger partial charge in [-0.15, -0.1) is 11.8 Å². The predicted molar refractivity (Wildman–Crippen MR) is 58.0 cm³/mol. The average molecular weight is 208 g/mol. The Labute approximate surface area is 87.5 Å². The summed E-state index contributed by atoms with van der Waals surface area (Å²) in [6.45, 7) is 0.185. The molecule has 1 aromatic carbocycles. The molecule has 1 aromatic rings. The molecule has 0 fully saturated rings. The van der Waals surface area contributed by atoms with Crippen LogP contribution in [0.5, 0.6) is 0 Å². The number of aliphatic hydroxyl groups is 1. The first-order valence-electron chi connectivity index (χ1n) is 4.32. The molecule has 3 nitrogen and oxygen atoms in total. The van der Waals surface area contributed by atoms with Crippen molar-refractivity contribution in [1.29, 1.82) is 5.26 Å². The number of nitriles is 1. The van der Waals surface area contributed by atoms with Gasteiger partial charge in [-0.05, 0) is 18.6 Å². The Hall–Kier alpha value is -1.18. The van der Waals surface area contributed by atoms with Crippen molar-refractivity contribution < 1.29 is 5.11 Å². The van der Waals surface area contributed by atoms with E-state index in [1.807, 2.05) is 18.2 Å². The van der Waals surface area contributed by atoms with E-state index in [0.717, 1.165) is 17.1 Å². The van der Waals surface area contributed by atoms with Gasteiger partial charge in [-0.2, -0.15) is 5.26 Å². The van der Waals surface area contributed by atoms with Crippen molar-refractivity contribution in [2.24, 2.45) is 0 Å². The van der Waals surface area contributed by atoms with Crippen LogP contribution in [0.3, 0.4) is 0 Å². The molecule has 1 rings (SSSR count). The Morgan fingerprint density at radius 3 is 2.93 bits per heavy atom. The Bertz CT molecular complexity index is 346. The summed E-state index contributed by atoms with van der Waals surface area (Å²) in [5.74, 6) is 0.815. The van der Waals surface area contributed by atoms with Gasteiger partial charge < -0.3 is 10.8 Å². The number of anilines is 1. The van der Waals surface area contributed by atoms with Crippen LogP contribution in [0.2, 0.25) is 0 Å². The molecular weight excluding hydrogens is 196 g/mol. The second-order valence-electron chi connectivity index (χ2n) is 2.75. The van der Waals surface area contributed by atoms with Gasteiger partial charge in [-0.25, -0.2) is 0 Å². The van der Waals surface area contributed by atoms with Crippen LogP contribution in [0.1, 0.15) is 12.0 Å². The van der Waals surface area contributed by atoms with Crippen LogP contribution >= 0.6 is 11.8 Å². The van der Waals surface area contributed by atoms with Crippen LogP contribution in [-0.4, -0.2) is 17.5 Å². The summed E-state index contributed by atoms with van der Waals surface area (Å²) in [5.41, 5.74) is 6.82. The smallest absolute Gasteiger partial charge is 0.101 e. The van der Waals surface area contributed by atoms with Crippen molar-refractivity contribution in [3.63, 3.8) is 0 Å². The summed E-state index contributed by atoms with van der Waals surface area (Å²) in [6.07, 6.45) is 0.737. The monoisotopic (exact) mass is 208 g/mol. The van der Waals surface area contributed by atoms with E-state index in [4.69, 9.17) is 16.1 Å². The van der Waals surface area contributed by atoms with Gasteiger partial charge in [0.05, 0.1) is 11.3 Å². The summed E-state index contributed by atoms with van der Waals surface area (Å²) in [6, 6.07) is 7.44. The van der Waals surface area contributed by atoms with Gasteiger partial charge >= 0.3 is 0 Å². The van der Waals surface area contributed by atoms with Crippen LogP contribution < -0.4 is 5.73 Å². The summed E-state index contributed by atoms with van der Waals surface area (Å²) in [5, 5.41) is 17.4. The van der Waals surface area contributed by atoms with Gasteiger partial charge in [0.1, 0.15) is 6.07 Å². The van der Waals surface area contributed by atoms with E-state index >= 15 is 0 Å². The highest BCUT2D eigenvalue weighted by Gasteiger charge is 2.03. The molecule has 0 radical (unpaired) electrons. The number of nitrogen functional groups attached to an aromatic ring is 1. The molecule has 0 aliphatic heterocycles. The van der Waals surface area contributed by atoms with E-state index < -0.39 is 0 Å². The third kappa shape index (κ3) is 2.66. The molecule has 0 unspecified atom stereocenters. The number of nitrogens with zero attached hydrogens (tertiary/aromatic N) is 1. The number of hydrogen-bond acceptors (Lipinski definition) is 4. The predicted octanol–water partition coefficient (Wildman–Crippen LogP) is 1.61. The topological polar surface area (TPSA) is 70.0 Å². The molecule has 3 N–H and O–H groups in total. The van der Waals surface area contributed by atoms with E-state index in [9.17, 15) is 0 Å². The molecule has 0 amide bonds. The molecule has 0 aromatic heterocycles. The highest BCUT2D eigenvalue weighted by Crippen LogP contribution is 2.27. The van der Waals surface area contributed by atoms with Crippen LogP contribution in [0.25, 0.3) is 0 Å². The molecule has 74 valence electrons. The second kappa shape index (κ2) is 5.53. The van der Waals surface area contributed by atoms with Crippen molar-refractivity contribution in [1.82, 2.24) is 0 Å². The minimum atomic E-state index is 0.185. The Kier molecular flexibility index (Phi) is 4.30. The normalized spacial score (nSPS) is 9.71. The van der Waals surface area contributed by atoms with Gasteiger partial charge in [0.25, 0.3) is 0 Å². The molecule has 0 aliphatic rings. The van der Waals surface area contributed by atoms with Crippen LogP contribution in [0.15, 0.2) is 23.1 Å². The molecule has 0 saturated heterocycles. The lowest BCUT2D eigenvalue weighted by atomic mass is 10.2. The van der Waals surface area contributed by atoms with Crippen molar-refractivity contribution >= 4 is 17.4 Å². The molecule has 4 heteroatoms. The lowest BCUT2D eigenvalue weighted by Crippen LogP contribution is -1.94. The van der Waals surface area contributed by atoms with Crippen LogP contribution in [0, 0.1) is 11.3 Å². The number of para-hydroxylation sites is 1. The standard InChI is InChI=1S/C10H12N2OS/c11-7-8-3-1-4-9(10(8)12)14-6-2-5-13/h1,3-4,13H,2,5-6,12H2. The lowest BCUT2D eigenvalue weighted by Gasteiger charge is -2.05. The number of thioether (sulfide) groups is 1. The SMILES string of the molecule is N#Cc1cccc(SCCCO)c1N. The van der Waals surface area contributed by atoms with Gasteiger partial charge in [-0.1, -0.05) is 6.07 Å². The molecule has 0 heterocycles. The first-order chi connectivity index (χ1) is 6.79. The molecular formula is C10H12N2OS. The average Bonchev–Trinajstić information content (AvgIpc) is 2.21. The lowest BCUT2D eigenvalue weighted by molar-refractivity contribution is 0.296. The molecule has 0 atom stereocenters. The zero-order valence-corrected chi connectivity index (χ0v) is 8.55. The zero-order chi connectivity index (χ0) is 10.4. The maximum atomic E-state index is 8.74.